The molecule has 2 aromatic heterocycles. The molecule has 0 aliphatic rings. The van der Waals surface area contributed by atoms with Gasteiger partial charge in [0.05, 0.1) is 0 Å². The minimum absolute atomic E-state index is 0.234. The van der Waals surface area contributed by atoms with Crippen molar-refractivity contribution >= 4 is 23.0 Å². The van der Waals surface area contributed by atoms with Gasteiger partial charge < -0.3 is 11.5 Å². The highest BCUT2D eigenvalue weighted by Gasteiger charge is 2.31. The SMILES string of the molecule is CC(C)(C(N)=O)n1c(N)nc2cccnc21. The summed E-state index contributed by atoms with van der Waals surface area (Å²) < 4.78 is 1.55. The Labute approximate surface area is 92.3 Å². The molecule has 4 N–H and O–H groups in total. The lowest BCUT2D eigenvalue weighted by Gasteiger charge is -2.23. The molecule has 2 aromatic rings. The summed E-state index contributed by atoms with van der Waals surface area (Å²) >= 11 is 0. The number of carbonyl (C=O) groups is 1. The fourth-order valence-electron chi connectivity index (χ4n) is 1.59. The zero-order valence-electron chi connectivity index (χ0n) is 9.14. The number of hydrogen-bond donors (Lipinski definition) is 2. The number of carbonyl (C=O) groups excluding carboxylic acids is 1. The van der Waals surface area contributed by atoms with Crippen LogP contribution in [-0.4, -0.2) is 20.4 Å². The van der Waals surface area contributed by atoms with Gasteiger partial charge >= 0.3 is 0 Å². The number of pyridine rings is 1. The van der Waals surface area contributed by atoms with Crippen molar-refractivity contribution < 1.29 is 4.79 Å². The van der Waals surface area contributed by atoms with Crippen LogP contribution in [0.15, 0.2) is 18.3 Å². The van der Waals surface area contributed by atoms with Crippen LogP contribution < -0.4 is 11.5 Å². The fraction of sp³-hybridized carbons (Fsp3) is 0.300. The number of nitrogens with zero attached hydrogens (tertiary/aromatic N) is 3. The lowest BCUT2D eigenvalue weighted by molar-refractivity contribution is -0.124. The van der Waals surface area contributed by atoms with Gasteiger partial charge in [-0.05, 0) is 26.0 Å². The van der Waals surface area contributed by atoms with Crippen LogP contribution in [0.3, 0.4) is 0 Å². The van der Waals surface area contributed by atoms with Crippen LogP contribution in [0.2, 0.25) is 0 Å². The van der Waals surface area contributed by atoms with E-state index < -0.39 is 11.4 Å². The Morgan fingerprint density at radius 2 is 2.19 bits per heavy atom. The minimum atomic E-state index is -0.951. The van der Waals surface area contributed by atoms with Crippen molar-refractivity contribution in [2.45, 2.75) is 19.4 Å². The van der Waals surface area contributed by atoms with E-state index in [2.05, 4.69) is 9.97 Å². The average Bonchev–Trinajstić information content (AvgIpc) is 2.53. The van der Waals surface area contributed by atoms with E-state index in [1.807, 2.05) is 0 Å². The number of imidazole rings is 1. The van der Waals surface area contributed by atoms with Crippen molar-refractivity contribution in [1.29, 1.82) is 0 Å². The minimum Gasteiger partial charge on any atom is -0.369 e. The Balaban J connectivity index is 2.78. The van der Waals surface area contributed by atoms with Gasteiger partial charge in [-0.25, -0.2) is 9.97 Å². The zero-order valence-corrected chi connectivity index (χ0v) is 9.14. The van der Waals surface area contributed by atoms with E-state index in [0.717, 1.165) is 0 Å². The van der Waals surface area contributed by atoms with E-state index in [9.17, 15) is 4.79 Å². The van der Waals surface area contributed by atoms with Gasteiger partial charge in [0.2, 0.25) is 11.9 Å². The maximum Gasteiger partial charge on any atom is 0.243 e. The third kappa shape index (κ3) is 1.30. The summed E-state index contributed by atoms with van der Waals surface area (Å²) in [7, 11) is 0. The highest BCUT2D eigenvalue weighted by Crippen LogP contribution is 2.24. The van der Waals surface area contributed by atoms with Crippen molar-refractivity contribution in [2.75, 3.05) is 5.73 Å². The maximum absolute atomic E-state index is 11.4. The average molecular weight is 219 g/mol. The number of amides is 1. The summed E-state index contributed by atoms with van der Waals surface area (Å²) in [6.45, 7) is 3.36. The van der Waals surface area contributed by atoms with Crippen molar-refractivity contribution in [2.24, 2.45) is 5.73 Å². The molecule has 6 nitrogen and oxygen atoms in total. The standard InChI is InChI=1S/C10H13N5O/c1-10(2,8(11)16)15-7-6(14-9(15)12)4-3-5-13-7/h3-5H,1-2H3,(H2,11,16)(H2,12,14). The highest BCUT2D eigenvalue weighted by molar-refractivity contribution is 5.85. The molecule has 84 valence electrons. The Bertz CT molecular complexity index is 557. The second-order valence-electron chi connectivity index (χ2n) is 4.07. The number of rotatable bonds is 2. The molecule has 0 aliphatic heterocycles. The summed E-state index contributed by atoms with van der Waals surface area (Å²) in [5.41, 5.74) is 11.4. The highest BCUT2D eigenvalue weighted by atomic mass is 16.1. The lowest BCUT2D eigenvalue weighted by Crippen LogP contribution is -2.41. The number of aromatic nitrogens is 3. The molecule has 0 aromatic carbocycles. The quantitative estimate of drug-likeness (QED) is 0.755. The van der Waals surface area contributed by atoms with Crippen LogP contribution in [0.5, 0.6) is 0 Å². The molecule has 0 fully saturated rings. The second kappa shape index (κ2) is 3.19. The molecule has 2 rings (SSSR count). The van der Waals surface area contributed by atoms with Crippen LogP contribution in [0.25, 0.3) is 11.2 Å². The van der Waals surface area contributed by atoms with Crippen LogP contribution in [0.4, 0.5) is 5.95 Å². The molecule has 0 radical (unpaired) electrons. The van der Waals surface area contributed by atoms with Crippen molar-refractivity contribution in [3.05, 3.63) is 18.3 Å². The van der Waals surface area contributed by atoms with Gasteiger partial charge in [-0.1, -0.05) is 0 Å². The molecule has 0 bridgehead atoms. The molecule has 6 heteroatoms. The first kappa shape index (κ1) is 10.4. The molecular weight excluding hydrogens is 206 g/mol. The summed E-state index contributed by atoms with van der Waals surface area (Å²) in [5.74, 6) is -0.248. The van der Waals surface area contributed by atoms with Crippen LogP contribution in [0, 0.1) is 0 Å². The molecule has 1 amide bonds. The van der Waals surface area contributed by atoms with Gasteiger partial charge in [-0.15, -0.1) is 0 Å². The molecule has 0 aliphatic carbocycles. The Hall–Kier alpha value is -2.11. The fourth-order valence-corrected chi connectivity index (χ4v) is 1.59. The van der Waals surface area contributed by atoms with Gasteiger partial charge in [-0.3, -0.25) is 9.36 Å². The number of hydrogen-bond acceptors (Lipinski definition) is 4. The van der Waals surface area contributed by atoms with Gasteiger partial charge in [0.25, 0.3) is 0 Å². The number of primary amides is 1. The van der Waals surface area contributed by atoms with Crippen molar-refractivity contribution in [1.82, 2.24) is 14.5 Å². The molecule has 0 spiro atoms. The first-order valence-electron chi connectivity index (χ1n) is 4.84. The van der Waals surface area contributed by atoms with Crippen LogP contribution in [0.1, 0.15) is 13.8 Å². The third-order valence-electron chi connectivity index (χ3n) is 2.60. The zero-order chi connectivity index (χ0) is 11.9. The molecule has 2 heterocycles. The number of nitrogens with two attached hydrogens (primary N) is 2. The Morgan fingerprint density at radius 3 is 2.81 bits per heavy atom. The first-order valence-corrected chi connectivity index (χ1v) is 4.84. The molecule has 16 heavy (non-hydrogen) atoms. The molecule has 0 saturated heterocycles. The summed E-state index contributed by atoms with van der Waals surface area (Å²) in [6, 6.07) is 3.54. The Morgan fingerprint density at radius 1 is 1.50 bits per heavy atom. The number of fused-ring (bicyclic) bond motifs is 1. The predicted molar refractivity (Wildman–Crippen MR) is 60.5 cm³/mol. The summed E-state index contributed by atoms with van der Waals surface area (Å²) in [4.78, 5) is 19.7. The summed E-state index contributed by atoms with van der Waals surface area (Å²) in [5, 5.41) is 0. The lowest BCUT2D eigenvalue weighted by atomic mass is 10.1. The van der Waals surface area contributed by atoms with Gasteiger partial charge in [-0.2, -0.15) is 0 Å². The first-order chi connectivity index (χ1) is 7.44. The number of anilines is 1. The van der Waals surface area contributed by atoms with E-state index in [1.54, 1.807) is 36.7 Å². The molecule has 0 saturated carbocycles. The van der Waals surface area contributed by atoms with E-state index in [0.29, 0.717) is 11.2 Å². The monoisotopic (exact) mass is 219 g/mol. The van der Waals surface area contributed by atoms with Crippen LogP contribution >= 0.6 is 0 Å². The van der Waals surface area contributed by atoms with Crippen molar-refractivity contribution in [3.8, 4) is 0 Å². The maximum atomic E-state index is 11.4. The second-order valence-corrected chi connectivity index (χ2v) is 4.07. The van der Waals surface area contributed by atoms with Gasteiger partial charge in [0.1, 0.15) is 11.1 Å². The normalized spacial score (nSPS) is 11.9. The van der Waals surface area contributed by atoms with E-state index in [4.69, 9.17) is 11.5 Å². The number of nitrogen functional groups attached to an aromatic ring is 1. The van der Waals surface area contributed by atoms with E-state index >= 15 is 0 Å². The van der Waals surface area contributed by atoms with Crippen molar-refractivity contribution in [3.63, 3.8) is 0 Å². The molecular formula is C10H13N5O. The van der Waals surface area contributed by atoms with E-state index in [-0.39, 0.29) is 5.95 Å². The van der Waals surface area contributed by atoms with Gasteiger partial charge in [0.15, 0.2) is 5.65 Å². The predicted octanol–water partition coefficient (Wildman–Crippen LogP) is 0.234. The largest absolute Gasteiger partial charge is 0.369 e. The smallest absolute Gasteiger partial charge is 0.243 e. The topological polar surface area (TPSA) is 99.8 Å². The Kier molecular flexibility index (Phi) is 2.08. The van der Waals surface area contributed by atoms with E-state index in [1.165, 1.54) is 0 Å². The molecule has 0 atom stereocenters. The third-order valence-corrected chi connectivity index (χ3v) is 2.60. The van der Waals surface area contributed by atoms with Gasteiger partial charge in [0, 0.05) is 6.20 Å². The molecule has 0 unspecified atom stereocenters. The summed E-state index contributed by atoms with van der Waals surface area (Å²) in [6.07, 6.45) is 1.62. The van der Waals surface area contributed by atoms with Crippen LogP contribution in [-0.2, 0) is 10.3 Å².